The molecule has 0 aliphatic heterocycles. The molecule has 6 nitrogen and oxygen atoms in total. The average molecular weight is 340 g/mol. The molecule has 1 heterocycles. The van der Waals surface area contributed by atoms with Crippen molar-refractivity contribution in [2.45, 2.75) is 11.8 Å². The Bertz CT molecular complexity index is 834. The van der Waals surface area contributed by atoms with Crippen molar-refractivity contribution in [2.24, 2.45) is 5.10 Å². The van der Waals surface area contributed by atoms with Crippen LogP contribution in [0, 0.1) is 0 Å². The predicted octanol–water partition coefficient (Wildman–Crippen LogP) is 3.17. The molecule has 2 aromatic carbocycles. The molecule has 1 aromatic heterocycles. The van der Waals surface area contributed by atoms with Gasteiger partial charge >= 0.3 is 0 Å². The van der Waals surface area contributed by atoms with E-state index in [1.165, 1.54) is 11.8 Å². The molecule has 0 bridgehead atoms. The molecule has 0 radical (unpaired) electrons. The smallest absolute Gasteiger partial charge is 0.211 e. The van der Waals surface area contributed by atoms with Crippen LogP contribution in [0.3, 0.4) is 0 Å². The molecule has 24 heavy (non-hydrogen) atoms. The molecule has 0 aliphatic rings. The van der Waals surface area contributed by atoms with Crippen molar-refractivity contribution in [3.05, 3.63) is 66.0 Å². The minimum absolute atomic E-state index is 0.169. The molecular weight excluding hydrogens is 324 g/mol. The molecular formula is C17H16N4O2S. The van der Waals surface area contributed by atoms with Gasteiger partial charge in [0.15, 0.2) is 5.82 Å². The number of phenolic OH excluding ortho intramolecular Hbond substituents is 1. The van der Waals surface area contributed by atoms with E-state index in [0.29, 0.717) is 16.5 Å². The summed E-state index contributed by atoms with van der Waals surface area (Å²) >= 11 is 1.43. The number of thioether (sulfide) groups is 1. The van der Waals surface area contributed by atoms with Gasteiger partial charge in [0, 0.05) is 5.56 Å². The van der Waals surface area contributed by atoms with Crippen LogP contribution >= 0.6 is 11.8 Å². The number of aromatic hydroxyl groups is 1. The Morgan fingerprint density at radius 3 is 2.62 bits per heavy atom. The Morgan fingerprint density at radius 2 is 1.88 bits per heavy atom. The Labute approximate surface area is 143 Å². The number of benzene rings is 2. The maximum Gasteiger partial charge on any atom is 0.211 e. The normalized spacial score (nSPS) is 11.0. The van der Waals surface area contributed by atoms with Gasteiger partial charge in [0.2, 0.25) is 5.16 Å². The third kappa shape index (κ3) is 3.75. The molecule has 0 saturated heterocycles. The van der Waals surface area contributed by atoms with Gasteiger partial charge in [-0.15, -0.1) is 10.2 Å². The number of hydrogen-bond acceptors (Lipinski definition) is 6. The number of para-hydroxylation sites is 2. The van der Waals surface area contributed by atoms with Crippen molar-refractivity contribution in [1.29, 1.82) is 0 Å². The Morgan fingerprint density at radius 1 is 1.12 bits per heavy atom. The minimum atomic E-state index is 0.169. The van der Waals surface area contributed by atoms with E-state index in [1.54, 1.807) is 29.1 Å². The van der Waals surface area contributed by atoms with E-state index in [2.05, 4.69) is 15.3 Å². The van der Waals surface area contributed by atoms with Crippen LogP contribution in [0.1, 0.15) is 11.4 Å². The molecule has 3 aromatic rings. The highest BCUT2D eigenvalue weighted by molar-refractivity contribution is 7.98. The van der Waals surface area contributed by atoms with Crippen LogP contribution in [0.25, 0.3) is 0 Å². The third-order valence-corrected chi connectivity index (χ3v) is 3.84. The van der Waals surface area contributed by atoms with E-state index in [1.807, 2.05) is 42.7 Å². The van der Waals surface area contributed by atoms with Crippen molar-refractivity contribution >= 4 is 18.0 Å². The van der Waals surface area contributed by atoms with E-state index in [9.17, 15) is 5.11 Å². The van der Waals surface area contributed by atoms with Gasteiger partial charge in [-0.1, -0.05) is 42.1 Å². The first kappa shape index (κ1) is 16.1. The first-order valence-corrected chi connectivity index (χ1v) is 8.49. The van der Waals surface area contributed by atoms with Gasteiger partial charge in [-0.25, -0.2) is 0 Å². The summed E-state index contributed by atoms with van der Waals surface area (Å²) in [6, 6.07) is 16.5. The molecule has 0 amide bonds. The molecule has 1 N–H and O–H groups in total. The zero-order valence-electron chi connectivity index (χ0n) is 13.0. The molecule has 3 rings (SSSR count). The quantitative estimate of drug-likeness (QED) is 0.551. The summed E-state index contributed by atoms with van der Waals surface area (Å²) < 4.78 is 7.32. The number of ether oxygens (including phenoxy) is 1. The van der Waals surface area contributed by atoms with Gasteiger partial charge in [0.05, 0.1) is 6.21 Å². The monoisotopic (exact) mass is 340 g/mol. The van der Waals surface area contributed by atoms with Crippen LogP contribution in [0.2, 0.25) is 0 Å². The van der Waals surface area contributed by atoms with Gasteiger partial charge in [-0.3, -0.25) is 0 Å². The largest absolute Gasteiger partial charge is 0.507 e. The van der Waals surface area contributed by atoms with Crippen molar-refractivity contribution < 1.29 is 9.84 Å². The van der Waals surface area contributed by atoms with Crippen molar-refractivity contribution in [1.82, 2.24) is 14.9 Å². The molecule has 122 valence electrons. The lowest BCUT2D eigenvalue weighted by Crippen LogP contribution is -2.04. The van der Waals surface area contributed by atoms with E-state index in [0.717, 1.165) is 5.75 Å². The van der Waals surface area contributed by atoms with Crippen molar-refractivity contribution in [3.63, 3.8) is 0 Å². The second-order valence-corrected chi connectivity index (χ2v) is 5.59. The van der Waals surface area contributed by atoms with E-state index < -0.39 is 0 Å². The summed E-state index contributed by atoms with van der Waals surface area (Å²) in [5.74, 6) is 1.50. The Kier molecular flexibility index (Phi) is 5.12. The van der Waals surface area contributed by atoms with Gasteiger partial charge < -0.3 is 9.84 Å². The highest BCUT2D eigenvalue weighted by Crippen LogP contribution is 2.17. The molecule has 0 unspecified atom stereocenters. The van der Waals surface area contributed by atoms with Crippen LogP contribution in [0.5, 0.6) is 11.5 Å². The van der Waals surface area contributed by atoms with Crippen LogP contribution < -0.4 is 4.74 Å². The van der Waals surface area contributed by atoms with Crippen LogP contribution in [-0.4, -0.2) is 32.5 Å². The van der Waals surface area contributed by atoms with Crippen molar-refractivity contribution in [3.8, 4) is 11.5 Å². The maximum absolute atomic E-state index is 9.83. The second kappa shape index (κ2) is 7.65. The maximum atomic E-state index is 9.83. The second-order valence-electron chi connectivity index (χ2n) is 4.82. The van der Waals surface area contributed by atoms with E-state index in [4.69, 9.17) is 4.74 Å². The molecule has 0 fully saturated rings. The van der Waals surface area contributed by atoms with E-state index >= 15 is 0 Å². The number of phenols is 1. The SMILES string of the molecule is CSc1nnc(COc2ccccc2)n1/N=C\c1ccccc1O. The zero-order valence-corrected chi connectivity index (χ0v) is 13.8. The fourth-order valence-corrected chi connectivity index (χ4v) is 2.46. The van der Waals surface area contributed by atoms with Gasteiger partial charge in [0.25, 0.3) is 0 Å². The number of hydrogen-bond donors (Lipinski definition) is 1. The molecule has 0 saturated carbocycles. The Balaban J connectivity index is 1.81. The van der Waals surface area contributed by atoms with Gasteiger partial charge in [0.1, 0.15) is 18.1 Å². The highest BCUT2D eigenvalue weighted by Gasteiger charge is 2.11. The van der Waals surface area contributed by atoms with Gasteiger partial charge in [-0.2, -0.15) is 9.78 Å². The topological polar surface area (TPSA) is 72.5 Å². The Hall–Kier alpha value is -2.80. The lowest BCUT2D eigenvalue weighted by atomic mass is 10.2. The fraction of sp³-hybridized carbons (Fsp3) is 0.118. The lowest BCUT2D eigenvalue weighted by Gasteiger charge is -2.06. The number of aromatic nitrogens is 3. The van der Waals surface area contributed by atoms with Crippen molar-refractivity contribution in [2.75, 3.05) is 6.26 Å². The standard InChI is InChI=1S/C17H16N4O2S/c1-24-17-20-19-16(12-23-14-8-3-2-4-9-14)21(17)18-11-13-7-5-6-10-15(13)22/h2-11,22H,12H2,1H3/b18-11-. The summed E-state index contributed by atoms with van der Waals surface area (Å²) in [6.07, 6.45) is 3.47. The summed E-state index contributed by atoms with van der Waals surface area (Å²) in [7, 11) is 0. The number of nitrogens with zero attached hydrogens (tertiary/aromatic N) is 4. The minimum Gasteiger partial charge on any atom is -0.507 e. The molecule has 0 aliphatic carbocycles. The van der Waals surface area contributed by atoms with Crippen LogP contribution in [-0.2, 0) is 6.61 Å². The molecule has 0 atom stereocenters. The lowest BCUT2D eigenvalue weighted by molar-refractivity contribution is 0.290. The third-order valence-electron chi connectivity index (χ3n) is 3.22. The summed E-state index contributed by atoms with van der Waals surface area (Å²) in [5, 5.41) is 23.1. The highest BCUT2D eigenvalue weighted by atomic mass is 32.2. The summed E-state index contributed by atoms with van der Waals surface area (Å²) in [5.41, 5.74) is 0.619. The average Bonchev–Trinajstić information content (AvgIpc) is 3.02. The number of rotatable bonds is 6. The van der Waals surface area contributed by atoms with Crippen LogP contribution in [0.15, 0.2) is 64.9 Å². The first-order chi connectivity index (χ1) is 11.8. The summed E-state index contributed by atoms with van der Waals surface area (Å²) in [4.78, 5) is 0. The predicted molar refractivity (Wildman–Crippen MR) is 93.7 cm³/mol. The summed E-state index contributed by atoms with van der Waals surface area (Å²) in [6.45, 7) is 0.246. The van der Waals surface area contributed by atoms with Gasteiger partial charge in [-0.05, 0) is 30.5 Å². The zero-order chi connectivity index (χ0) is 16.8. The van der Waals surface area contributed by atoms with Crippen LogP contribution in [0.4, 0.5) is 0 Å². The first-order valence-electron chi connectivity index (χ1n) is 7.26. The molecule has 0 spiro atoms. The van der Waals surface area contributed by atoms with E-state index in [-0.39, 0.29) is 12.4 Å². The fourth-order valence-electron chi connectivity index (χ4n) is 2.01. The molecule has 7 heteroatoms.